The van der Waals surface area contributed by atoms with Gasteiger partial charge in [0.25, 0.3) is 5.56 Å². The number of aryl methyl sites for hydroxylation is 2. The van der Waals surface area contributed by atoms with Crippen LogP contribution in [0.2, 0.25) is 5.02 Å². The molecule has 0 aliphatic rings. The normalized spacial score (nSPS) is 12.8. The summed E-state index contributed by atoms with van der Waals surface area (Å²) in [5.74, 6) is -1.39. The summed E-state index contributed by atoms with van der Waals surface area (Å²) in [5, 5.41) is 5.11. The van der Waals surface area contributed by atoms with Crippen LogP contribution in [0, 0.1) is 18.6 Å². The van der Waals surface area contributed by atoms with E-state index in [1.165, 1.54) is 27.4 Å². The van der Waals surface area contributed by atoms with Crippen LogP contribution >= 0.6 is 11.6 Å². The predicted molar refractivity (Wildman–Crippen MR) is 147 cm³/mol. The molecule has 0 radical (unpaired) electrons. The van der Waals surface area contributed by atoms with Crippen LogP contribution in [0.25, 0.3) is 27.5 Å². The molecule has 3 aromatic carbocycles. The number of benzene rings is 3. The maximum absolute atomic E-state index is 14.1. The summed E-state index contributed by atoms with van der Waals surface area (Å²) in [6.07, 6.45) is 0.958. The Morgan fingerprint density at radius 2 is 1.79 bits per heavy atom. The number of hydrogen-bond acceptors (Lipinski definition) is 6. The number of hydrogen-bond donors (Lipinski definition) is 2. The minimum absolute atomic E-state index is 0.0130. The minimum atomic E-state index is -3.70. The molecule has 2 aromatic heterocycles. The van der Waals surface area contributed by atoms with E-state index >= 15 is 0 Å². The number of halogens is 3. The molecule has 0 saturated carbocycles. The molecule has 39 heavy (non-hydrogen) atoms. The smallest absolute Gasteiger partial charge is 0.266 e. The first-order chi connectivity index (χ1) is 18.3. The van der Waals surface area contributed by atoms with Crippen LogP contribution in [0.3, 0.4) is 0 Å². The molecule has 0 bridgehead atoms. The van der Waals surface area contributed by atoms with Gasteiger partial charge in [0.1, 0.15) is 17.5 Å². The van der Waals surface area contributed by atoms with E-state index < -0.39 is 33.3 Å². The lowest BCUT2D eigenvalue weighted by molar-refractivity contribution is 0.572. The van der Waals surface area contributed by atoms with Crippen LogP contribution in [-0.4, -0.2) is 34.0 Å². The number of fused-ring (bicyclic) bond motifs is 2. The molecule has 13 heteroatoms. The molecule has 0 fully saturated rings. The van der Waals surface area contributed by atoms with Crippen molar-refractivity contribution < 1.29 is 17.2 Å². The van der Waals surface area contributed by atoms with E-state index in [1.807, 2.05) is 0 Å². The highest BCUT2D eigenvalue weighted by molar-refractivity contribution is 7.92. The number of aromatic nitrogens is 4. The van der Waals surface area contributed by atoms with Crippen molar-refractivity contribution in [3.63, 3.8) is 0 Å². The molecule has 5 rings (SSSR count). The summed E-state index contributed by atoms with van der Waals surface area (Å²) in [7, 11) is -2.12. The summed E-state index contributed by atoms with van der Waals surface area (Å²) in [6.45, 7) is 1.78. The summed E-state index contributed by atoms with van der Waals surface area (Å²) >= 11 is 6.48. The molecular weight excluding hydrogens is 550 g/mol. The highest BCUT2D eigenvalue weighted by atomic mass is 35.5. The van der Waals surface area contributed by atoms with E-state index in [2.05, 4.69) is 9.82 Å². The standard InChI is InChI=1S/C26H23ClF2N6O3S/c1-13-5-4-6-19-21(13)26(36)35(25(31-19)18(30)11-14-9-15(28)12-16(29)10-14)20-8-7-17(27)22-23(20)34(2)32-24(22)33-39(3,37)38/h4-10,12,18H,11,30H2,1-3H3,(H,32,33)/t18-/m0/s1. The van der Waals surface area contributed by atoms with Crippen molar-refractivity contribution in [3.05, 3.63) is 92.5 Å². The van der Waals surface area contributed by atoms with Gasteiger partial charge < -0.3 is 5.73 Å². The van der Waals surface area contributed by atoms with Crippen molar-refractivity contribution in [2.45, 2.75) is 19.4 Å². The fourth-order valence-electron chi connectivity index (χ4n) is 4.75. The first kappa shape index (κ1) is 26.7. The van der Waals surface area contributed by atoms with Gasteiger partial charge in [0, 0.05) is 13.1 Å². The average Bonchev–Trinajstić information content (AvgIpc) is 3.14. The molecule has 5 aromatic rings. The van der Waals surface area contributed by atoms with Crippen molar-refractivity contribution >= 4 is 49.2 Å². The zero-order chi connectivity index (χ0) is 28.2. The van der Waals surface area contributed by atoms with Crippen molar-refractivity contribution in [2.24, 2.45) is 12.8 Å². The van der Waals surface area contributed by atoms with E-state index in [4.69, 9.17) is 22.3 Å². The van der Waals surface area contributed by atoms with Crippen molar-refractivity contribution in [1.82, 2.24) is 19.3 Å². The number of nitrogens with one attached hydrogen (secondary N) is 1. The average molecular weight is 573 g/mol. The van der Waals surface area contributed by atoms with Gasteiger partial charge in [-0.2, -0.15) is 5.10 Å². The fraction of sp³-hybridized carbons (Fsp3) is 0.192. The topological polar surface area (TPSA) is 125 Å². The van der Waals surface area contributed by atoms with Crippen molar-refractivity contribution in [3.8, 4) is 5.69 Å². The van der Waals surface area contributed by atoms with Gasteiger partial charge in [0.15, 0.2) is 5.82 Å². The second kappa shape index (κ2) is 9.70. The molecule has 0 unspecified atom stereocenters. The van der Waals surface area contributed by atoms with E-state index in [9.17, 15) is 22.0 Å². The molecule has 0 spiro atoms. The SMILES string of the molecule is Cc1cccc2nc([C@@H](N)Cc3cc(F)cc(F)c3)n(-c3ccc(Cl)c4c(NS(C)(=O)=O)nn(C)c34)c(=O)c12. The summed E-state index contributed by atoms with van der Waals surface area (Å²) in [4.78, 5) is 18.8. The van der Waals surface area contributed by atoms with Crippen LogP contribution in [0.1, 0.15) is 23.0 Å². The van der Waals surface area contributed by atoms with E-state index in [0.717, 1.165) is 12.3 Å². The third kappa shape index (κ3) is 4.98. The van der Waals surface area contributed by atoms with Crippen LogP contribution in [0.5, 0.6) is 0 Å². The maximum Gasteiger partial charge on any atom is 0.266 e. The number of anilines is 1. The first-order valence-electron chi connectivity index (χ1n) is 11.7. The number of nitrogens with two attached hydrogens (primary N) is 1. The Hall–Kier alpha value is -3.87. The number of nitrogens with zero attached hydrogens (tertiary/aromatic N) is 4. The first-order valence-corrected chi connectivity index (χ1v) is 14.0. The molecule has 0 amide bonds. The Kier molecular flexibility index (Phi) is 6.65. The highest BCUT2D eigenvalue weighted by Crippen LogP contribution is 2.35. The van der Waals surface area contributed by atoms with Gasteiger partial charge in [-0.05, 0) is 54.8 Å². The van der Waals surface area contributed by atoms with Gasteiger partial charge in [-0.15, -0.1) is 0 Å². The lowest BCUT2D eigenvalue weighted by Gasteiger charge is -2.20. The van der Waals surface area contributed by atoms with E-state index in [-0.39, 0.29) is 34.0 Å². The molecule has 0 aliphatic carbocycles. The molecule has 0 aliphatic heterocycles. The van der Waals surface area contributed by atoms with Gasteiger partial charge >= 0.3 is 0 Å². The summed E-state index contributed by atoms with van der Waals surface area (Å²) in [6, 6.07) is 10.5. The Morgan fingerprint density at radius 1 is 1.10 bits per heavy atom. The molecular formula is C26H23ClF2N6O3S. The Labute approximate surface area is 226 Å². The zero-order valence-corrected chi connectivity index (χ0v) is 22.6. The lowest BCUT2D eigenvalue weighted by atomic mass is 10.0. The largest absolute Gasteiger partial charge is 0.321 e. The Morgan fingerprint density at radius 3 is 2.46 bits per heavy atom. The van der Waals surface area contributed by atoms with Crippen LogP contribution in [0.15, 0.2) is 53.3 Å². The molecule has 9 nitrogen and oxygen atoms in total. The van der Waals surface area contributed by atoms with Crippen LogP contribution < -0.4 is 16.0 Å². The van der Waals surface area contributed by atoms with E-state index in [1.54, 1.807) is 38.2 Å². The lowest BCUT2D eigenvalue weighted by Crippen LogP contribution is -2.30. The number of rotatable bonds is 6. The van der Waals surface area contributed by atoms with Gasteiger partial charge in [-0.3, -0.25) is 18.8 Å². The predicted octanol–water partition coefficient (Wildman–Crippen LogP) is 4.13. The molecule has 1 atom stereocenters. The van der Waals surface area contributed by atoms with Gasteiger partial charge in [-0.1, -0.05) is 23.7 Å². The second-order valence-electron chi connectivity index (χ2n) is 9.30. The molecule has 2 heterocycles. The highest BCUT2D eigenvalue weighted by Gasteiger charge is 2.25. The molecule has 202 valence electrons. The summed E-state index contributed by atoms with van der Waals surface area (Å²) < 4.78 is 56.8. The van der Waals surface area contributed by atoms with Gasteiger partial charge in [-0.25, -0.2) is 22.2 Å². The summed E-state index contributed by atoms with van der Waals surface area (Å²) in [5.41, 5.74) is 8.13. The zero-order valence-electron chi connectivity index (χ0n) is 21.0. The minimum Gasteiger partial charge on any atom is -0.321 e. The third-order valence-electron chi connectivity index (χ3n) is 6.28. The Bertz CT molecular complexity index is 1940. The third-order valence-corrected chi connectivity index (χ3v) is 7.16. The fourth-order valence-corrected chi connectivity index (χ4v) is 5.49. The van der Waals surface area contributed by atoms with Crippen molar-refractivity contribution in [1.29, 1.82) is 0 Å². The maximum atomic E-state index is 14.1. The Balaban J connectivity index is 1.82. The molecule has 3 N–H and O–H groups in total. The van der Waals surface area contributed by atoms with Gasteiger partial charge in [0.05, 0.1) is 44.8 Å². The second-order valence-corrected chi connectivity index (χ2v) is 11.5. The quantitative estimate of drug-likeness (QED) is 0.315. The number of sulfonamides is 1. The monoisotopic (exact) mass is 572 g/mol. The van der Waals surface area contributed by atoms with Gasteiger partial charge in [0.2, 0.25) is 10.0 Å². The van der Waals surface area contributed by atoms with Crippen molar-refractivity contribution in [2.75, 3.05) is 11.0 Å². The van der Waals surface area contributed by atoms with Crippen LogP contribution in [-0.2, 0) is 23.5 Å². The van der Waals surface area contributed by atoms with E-state index in [0.29, 0.717) is 27.7 Å². The molecule has 0 saturated heterocycles. The van der Waals surface area contributed by atoms with Crippen LogP contribution in [0.4, 0.5) is 14.6 Å².